The van der Waals surface area contributed by atoms with Crippen LogP contribution in [0.15, 0.2) is 18.2 Å². The molecule has 9 heteroatoms. The highest BCUT2D eigenvalue weighted by Crippen LogP contribution is 2.27. The fourth-order valence-electron chi connectivity index (χ4n) is 2.78. The number of nitro benzene ring substituents is 1. The van der Waals surface area contributed by atoms with Gasteiger partial charge < -0.3 is 5.32 Å². The summed E-state index contributed by atoms with van der Waals surface area (Å²) in [5.41, 5.74) is 0.695. The number of carbonyl (C=O) groups excluding carboxylic acids is 1. The second-order valence-electron chi connectivity index (χ2n) is 5.79. The molecular formula is C15H21N3O5S. The van der Waals surface area contributed by atoms with Gasteiger partial charge in [-0.25, -0.2) is 12.7 Å². The van der Waals surface area contributed by atoms with Crippen LogP contribution in [0.4, 0.5) is 11.4 Å². The van der Waals surface area contributed by atoms with Gasteiger partial charge in [-0.1, -0.05) is 6.07 Å². The first-order valence-corrected chi connectivity index (χ1v) is 9.40. The van der Waals surface area contributed by atoms with Crippen molar-refractivity contribution in [1.29, 1.82) is 0 Å². The molecule has 1 amide bonds. The highest BCUT2D eigenvalue weighted by atomic mass is 32.2. The van der Waals surface area contributed by atoms with Crippen LogP contribution in [0.1, 0.15) is 25.3 Å². The lowest BCUT2D eigenvalue weighted by atomic mass is 9.98. The Labute approximate surface area is 141 Å². The molecule has 132 valence electrons. The monoisotopic (exact) mass is 355 g/mol. The minimum absolute atomic E-state index is 0.00528. The molecule has 0 bridgehead atoms. The molecule has 0 aromatic heterocycles. The smallest absolute Gasteiger partial charge is 0.274 e. The van der Waals surface area contributed by atoms with Crippen LogP contribution in [-0.2, 0) is 14.8 Å². The van der Waals surface area contributed by atoms with Gasteiger partial charge in [-0.3, -0.25) is 14.9 Å². The van der Waals surface area contributed by atoms with Gasteiger partial charge in [0.25, 0.3) is 5.69 Å². The number of sulfonamides is 1. The number of nitro groups is 1. The Hall–Kier alpha value is -2.00. The van der Waals surface area contributed by atoms with Crippen LogP contribution in [0.25, 0.3) is 0 Å². The van der Waals surface area contributed by atoms with E-state index in [1.807, 2.05) is 0 Å². The first-order valence-electron chi connectivity index (χ1n) is 7.79. The lowest BCUT2D eigenvalue weighted by Crippen LogP contribution is -2.44. The molecule has 1 aromatic carbocycles. The summed E-state index contributed by atoms with van der Waals surface area (Å²) in [7, 11) is -3.32. The number of amides is 1. The molecule has 2 rings (SSSR count). The number of hydrogen-bond donors (Lipinski definition) is 1. The Bertz CT molecular complexity index is 747. The summed E-state index contributed by atoms with van der Waals surface area (Å²) in [6.07, 6.45) is 1.21. The van der Waals surface area contributed by atoms with E-state index < -0.39 is 20.9 Å². The minimum atomic E-state index is -3.32. The van der Waals surface area contributed by atoms with Crippen molar-refractivity contribution >= 4 is 27.3 Å². The molecule has 1 N–H and O–H groups in total. The maximum Gasteiger partial charge on any atom is 0.274 e. The average Bonchev–Trinajstić information content (AvgIpc) is 2.56. The number of piperidine rings is 1. The molecule has 1 aromatic rings. The lowest BCUT2D eigenvalue weighted by molar-refractivity contribution is -0.385. The van der Waals surface area contributed by atoms with E-state index in [1.54, 1.807) is 19.9 Å². The molecule has 0 saturated carbocycles. The van der Waals surface area contributed by atoms with Gasteiger partial charge in [0.2, 0.25) is 15.9 Å². The van der Waals surface area contributed by atoms with E-state index in [-0.39, 0.29) is 23.9 Å². The average molecular weight is 355 g/mol. The van der Waals surface area contributed by atoms with Crippen LogP contribution in [0.5, 0.6) is 0 Å². The summed E-state index contributed by atoms with van der Waals surface area (Å²) >= 11 is 0. The maximum absolute atomic E-state index is 12.5. The highest BCUT2D eigenvalue weighted by molar-refractivity contribution is 7.89. The number of nitrogens with zero attached hydrogens (tertiary/aromatic N) is 2. The number of nitrogens with one attached hydrogen (secondary N) is 1. The SMILES string of the molecule is CCS(=O)(=O)N1CCC[C@@H](C(=O)Nc2cccc([N+](=O)[O-])c2C)C1. The predicted octanol–water partition coefficient (Wildman–Crippen LogP) is 1.90. The molecule has 0 spiro atoms. The van der Waals surface area contributed by atoms with Crippen molar-refractivity contribution in [1.82, 2.24) is 4.31 Å². The molecule has 0 unspecified atom stereocenters. The zero-order chi connectivity index (χ0) is 17.9. The predicted molar refractivity (Wildman–Crippen MR) is 90.2 cm³/mol. The van der Waals surface area contributed by atoms with E-state index in [0.717, 1.165) is 0 Å². The summed E-state index contributed by atoms with van der Waals surface area (Å²) in [6, 6.07) is 4.49. The Kier molecular flexibility index (Phi) is 5.55. The van der Waals surface area contributed by atoms with Crippen LogP contribution < -0.4 is 5.32 Å². The quantitative estimate of drug-likeness (QED) is 0.641. The summed E-state index contributed by atoms with van der Waals surface area (Å²) < 4.78 is 25.3. The maximum atomic E-state index is 12.5. The van der Waals surface area contributed by atoms with E-state index in [0.29, 0.717) is 30.6 Å². The number of carbonyl (C=O) groups is 1. The summed E-state index contributed by atoms with van der Waals surface area (Å²) in [6.45, 7) is 3.72. The van der Waals surface area contributed by atoms with Crippen molar-refractivity contribution in [3.8, 4) is 0 Å². The van der Waals surface area contributed by atoms with Crippen molar-refractivity contribution < 1.29 is 18.1 Å². The summed E-state index contributed by atoms with van der Waals surface area (Å²) in [4.78, 5) is 22.9. The van der Waals surface area contributed by atoms with Crippen LogP contribution in [-0.4, -0.2) is 42.4 Å². The number of anilines is 1. The molecule has 1 fully saturated rings. The fourth-order valence-corrected chi connectivity index (χ4v) is 3.96. The van der Waals surface area contributed by atoms with Crippen molar-refractivity contribution in [2.24, 2.45) is 5.92 Å². The van der Waals surface area contributed by atoms with Crippen LogP contribution >= 0.6 is 0 Å². The van der Waals surface area contributed by atoms with Gasteiger partial charge in [-0.05, 0) is 32.8 Å². The van der Waals surface area contributed by atoms with E-state index in [9.17, 15) is 23.3 Å². The second kappa shape index (κ2) is 7.27. The number of benzene rings is 1. The zero-order valence-corrected chi connectivity index (χ0v) is 14.5. The minimum Gasteiger partial charge on any atom is -0.325 e. The van der Waals surface area contributed by atoms with Crippen molar-refractivity contribution in [2.75, 3.05) is 24.2 Å². The molecule has 1 saturated heterocycles. The summed E-state index contributed by atoms with van der Waals surface area (Å²) in [5.74, 6) is -0.765. The third-order valence-corrected chi connectivity index (χ3v) is 6.12. The first kappa shape index (κ1) is 18.3. The van der Waals surface area contributed by atoms with Crippen molar-refractivity contribution in [2.45, 2.75) is 26.7 Å². The summed E-state index contributed by atoms with van der Waals surface area (Å²) in [5, 5.41) is 13.7. The molecule has 1 heterocycles. The molecule has 24 heavy (non-hydrogen) atoms. The first-order chi connectivity index (χ1) is 11.3. The van der Waals surface area contributed by atoms with Crippen LogP contribution in [0.2, 0.25) is 0 Å². The molecular weight excluding hydrogens is 334 g/mol. The second-order valence-corrected chi connectivity index (χ2v) is 8.05. The van der Waals surface area contributed by atoms with Crippen molar-refractivity contribution in [3.05, 3.63) is 33.9 Å². The highest BCUT2D eigenvalue weighted by Gasteiger charge is 2.31. The van der Waals surface area contributed by atoms with Gasteiger partial charge in [-0.2, -0.15) is 0 Å². The van der Waals surface area contributed by atoms with Crippen LogP contribution in [0.3, 0.4) is 0 Å². The molecule has 1 aliphatic rings. The Balaban J connectivity index is 2.13. The third kappa shape index (κ3) is 3.90. The van der Waals surface area contributed by atoms with E-state index in [2.05, 4.69) is 5.32 Å². The number of hydrogen-bond acceptors (Lipinski definition) is 5. The van der Waals surface area contributed by atoms with Gasteiger partial charge in [0, 0.05) is 19.2 Å². The Morgan fingerprint density at radius 1 is 1.46 bits per heavy atom. The van der Waals surface area contributed by atoms with Crippen LogP contribution in [0, 0.1) is 23.0 Å². The largest absolute Gasteiger partial charge is 0.325 e. The van der Waals surface area contributed by atoms with Gasteiger partial charge in [0.05, 0.1) is 27.8 Å². The van der Waals surface area contributed by atoms with Gasteiger partial charge in [0.15, 0.2) is 0 Å². The third-order valence-electron chi connectivity index (χ3n) is 4.27. The standard InChI is InChI=1S/C15H21N3O5S/c1-3-24(22,23)17-9-5-6-12(10-17)15(19)16-13-7-4-8-14(11(13)2)18(20)21/h4,7-8,12H,3,5-6,9-10H2,1-2H3,(H,16,19)/t12-/m1/s1. The van der Waals surface area contributed by atoms with Gasteiger partial charge in [0.1, 0.15) is 0 Å². The molecule has 1 atom stereocenters. The topological polar surface area (TPSA) is 110 Å². The molecule has 8 nitrogen and oxygen atoms in total. The number of rotatable bonds is 5. The lowest BCUT2D eigenvalue weighted by Gasteiger charge is -2.31. The van der Waals surface area contributed by atoms with Crippen molar-refractivity contribution in [3.63, 3.8) is 0 Å². The van der Waals surface area contributed by atoms with Gasteiger partial charge in [-0.15, -0.1) is 0 Å². The fraction of sp³-hybridized carbons (Fsp3) is 0.533. The van der Waals surface area contributed by atoms with E-state index in [1.165, 1.54) is 16.4 Å². The normalized spacial score (nSPS) is 19.0. The molecule has 1 aliphatic heterocycles. The molecule has 0 aliphatic carbocycles. The Morgan fingerprint density at radius 2 is 2.17 bits per heavy atom. The van der Waals surface area contributed by atoms with E-state index >= 15 is 0 Å². The molecule has 0 radical (unpaired) electrons. The Morgan fingerprint density at radius 3 is 2.79 bits per heavy atom. The van der Waals surface area contributed by atoms with Gasteiger partial charge >= 0.3 is 0 Å². The zero-order valence-electron chi connectivity index (χ0n) is 13.7. The van der Waals surface area contributed by atoms with E-state index in [4.69, 9.17) is 0 Å².